The summed E-state index contributed by atoms with van der Waals surface area (Å²) in [6.07, 6.45) is 0.686. The molecule has 3 N–H and O–H groups in total. The Hall–Kier alpha value is -1.68. The number of ether oxygens (including phenoxy) is 1. The number of urea groups is 1. The fourth-order valence-corrected chi connectivity index (χ4v) is 3.99. The molecule has 0 bridgehead atoms. The Morgan fingerprint density at radius 2 is 1.92 bits per heavy atom. The molecule has 2 rings (SSSR count). The molecule has 0 spiro atoms. The van der Waals surface area contributed by atoms with Gasteiger partial charge in [-0.05, 0) is 44.7 Å². The summed E-state index contributed by atoms with van der Waals surface area (Å²) in [5.74, 6) is 0. The van der Waals surface area contributed by atoms with Crippen LogP contribution < -0.4 is 15.4 Å². The van der Waals surface area contributed by atoms with Gasteiger partial charge >= 0.3 is 6.03 Å². The summed E-state index contributed by atoms with van der Waals surface area (Å²) in [6.45, 7) is 6.31. The maximum atomic E-state index is 12.2. The summed E-state index contributed by atoms with van der Waals surface area (Å²) in [5.41, 5.74) is 0.524. The Morgan fingerprint density at radius 3 is 2.54 bits per heavy atom. The number of sulfonamides is 1. The normalized spacial score (nSPS) is 20.9. The zero-order chi connectivity index (χ0) is 19.2. The number of nitrogens with one attached hydrogen (secondary N) is 3. The van der Waals surface area contributed by atoms with Crippen LogP contribution in [-0.2, 0) is 14.8 Å². The fraction of sp³-hybridized carbons (Fsp3) is 0.588. The summed E-state index contributed by atoms with van der Waals surface area (Å²) in [7, 11) is -1.52. The predicted octanol–water partition coefficient (Wildman–Crippen LogP) is 1.22. The molecule has 1 aromatic rings. The largest absolute Gasteiger partial charge is 0.375 e. The Labute approximate surface area is 155 Å². The number of benzene rings is 1. The first-order chi connectivity index (χ1) is 12.4. The molecule has 1 aliphatic heterocycles. The molecule has 1 aromatic carbocycles. The topological polar surface area (TPSA) is 99.8 Å². The monoisotopic (exact) mass is 384 g/mol. The number of hydrogen-bond acceptors (Lipinski definition) is 5. The van der Waals surface area contributed by atoms with Gasteiger partial charge in [-0.2, -0.15) is 0 Å². The molecule has 1 saturated heterocycles. The molecule has 0 aromatic heterocycles. The van der Waals surface area contributed by atoms with Crippen LogP contribution in [0.25, 0.3) is 0 Å². The molecule has 26 heavy (non-hydrogen) atoms. The van der Waals surface area contributed by atoms with E-state index in [0.29, 0.717) is 18.8 Å². The van der Waals surface area contributed by atoms with E-state index in [4.69, 9.17) is 4.74 Å². The van der Waals surface area contributed by atoms with Crippen molar-refractivity contribution in [2.24, 2.45) is 0 Å². The van der Waals surface area contributed by atoms with E-state index in [0.717, 1.165) is 19.5 Å². The third-order valence-corrected chi connectivity index (χ3v) is 5.59. The van der Waals surface area contributed by atoms with Crippen molar-refractivity contribution in [3.05, 3.63) is 24.3 Å². The SMILES string of the molecule is CCCNS(=O)(=O)c1ccc(NC(=O)NC2CN(C)CC2OCC)cc1. The van der Waals surface area contributed by atoms with Crippen LogP contribution in [0.3, 0.4) is 0 Å². The molecule has 146 valence electrons. The van der Waals surface area contributed by atoms with E-state index in [1.54, 1.807) is 12.1 Å². The van der Waals surface area contributed by atoms with Crippen LogP contribution in [0.15, 0.2) is 29.2 Å². The lowest BCUT2D eigenvalue weighted by atomic mass is 10.2. The summed E-state index contributed by atoms with van der Waals surface area (Å²) >= 11 is 0. The lowest BCUT2D eigenvalue weighted by Crippen LogP contribution is -2.45. The molecule has 2 atom stereocenters. The number of carbonyl (C=O) groups excluding carboxylic acids is 1. The van der Waals surface area contributed by atoms with Crippen molar-refractivity contribution in [1.82, 2.24) is 14.9 Å². The zero-order valence-electron chi connectivity index (χ0n) is 15.5. The number of likely N-dealkylation sites (N-methyl/N-ethyl adjacent to an activating group) is 1. The highest BCUT2D eigenvalue weighted by Crippen LogP contribution is 2.15. The second-order valence-electron chi connectivity index (χ2n) is 6.34. The number of hydrogen-bond donors (Lipinski definition) is 3. The van der Waals surface area contributed by atoms with Gasteiger partial charge in [0.25, 0.3) is 0 Å². The summed E-state index contributed by atoms with van der Waals surface area (Å²) in [5, 5.41) is 5.65. The Kier molecular flexibility index (Phi) is 7.39. The average molecular weight is 385 g/mol. The highest BCUT2D eigenvalue weighted by molar-refractivity contribution is 7.89. The van der Waals surface area contributed by atoms with E-state index in [9.17, 15) is 13.2 Å². The van der Waals surface area contributed by atoms with Crippen molar-refractivity contribution in [3.8, 4) is 0 Å². The van der Waals surface area contributed by atoms with Gasteiger partial charge in [-0.25, -0.2) is 17.9 Å². The average Bonchev–Trinajstić information content (AvgIpc) is 2.93. The number of anilines is 1. The second kappa shape index (κ2) is 9.31. The quantitative estimate of drug-likeness (QED) is 0.626. The smallest absolute Gasteiger partial charge is 0.319 e. The molecule has 2 amide bonds. The van der Waals surface area contributed by atoms with E-state index < -0.39 is 10.0 Å². The van der Waals surface area contributed by atoms with Crippen molar-refractivity contribution >= 4 is 21.7 Å². The maximum absolute atomic E-state index is 12.2. The van der Waals surface area contributed by atoms with Gasteiger partial charge in [0.1, 0.15) is 0 Å². The molecule has 0 radical (unpaired) electrons. The standard InChI is InChI=1S/C17H28N4O4S/c1-4-10-18-26(23,24)14-8-6-13(7-9-14)19-17(22)20-15-11-21(3)12-16(15)25-5-2/h6-9,15-16,18H,4-5,10-12H2,1-3H3,(H2,19,20,22). The minimum Gasteiger partial charge on any atom is -0.375 e. The summed E-state index contributed by atoms with van der Waals surface area (Å²) < 4.78 is 32.3. The van der Waals surface area contributed by atoms with E-state index in [1.807, 2.05) is 20.9 Å². The van der Waals surface area contributed by atoms with Gasteiger partial charge in [0.15, 0.2) is 0 Å². The van der Waals surface area contributed by atoms with Gasteiger partial charge in [0, 0.05) is 31.9 Å². The van der Waals surface area contributed by atoms with Gasteiger partial charge < -0.3 is 20.3 Å². The van der Waals surface area contributed by atoms with Crippen molar-refractivity contribution in [2.75, 3.05) is 38.6 Å². The van der Waals surface area contributed by atoms with Gasteiger partial charge in [-0.15, -0.1) is 0 Å². The maximum Gasteiger partial charge on any atom is 0.319 e. The van der Waals surface area contributed by atoms with E-state index in [-0.39, 0.29) is 23.1 Å². The third-order valence-electron chi connectivity index (χ3n) is 4.11. The molecule has 0 aliphatic carbocycles. The Morgan fingerprint density at radius 1 is 1.23 bits per heavy atom. The number of nitrogens with zero attached hydrogens (tertiary/aromatic N) is 1. The van der Waals surface area contributed by atoms with Crippen LogP contribution in [0.5, 0.6) is 0 Å². The van der Waals surface area contributed by atoms with Crippen LogP contribution >= 0.6 is 0 Å². The molecule has 1 heterocycles. The number of rotatable bonds is 8. The highest BCUT2D eigenvalue weighted by atomic mass is 32.2. The number of amides is 2. The van der Waals surface area contributed by atoms with Crippen molar-refractivity contribution in [1.29, 1.82) is 0 Å². The first kappa shape index (κ1) is 20.6. The van der Waals surface area contributed by atoms with Crippen molar-refractivity contribution < 1.29 is 17.9 Å². The molecule has 1 aliphatic rings. The molecular formula is C17H28N4O4S. The van der Waals surface area contributed by atoms with E-state index in [1.165, 1.54) is 12.1 Å². The van der Waals surface area contributed by atoms with Crippen molar-refractivity contribution in [3.63, 3.8) is 0 Å². The summed E-state index contributed by atoms with van der Waals surface area (Å²) in [6, 6.07) is 5.66. The molecule has 9 heteroatoms. The molecule has 1 fully saturated rings. The molecule has 0 saturated carbocycles. The van der Waals surface area contributed by atoms with Crippen LogP contribution in [0, 0.1) is 0 Å². The lowest BCUT2D eigenvalue weighted by Gasteiger charge is -2.20. The van der Waals surface area contributed by atoms with E-state index >= 15 is 0 Å². The first-order valence-corrected chi connectivity index (χ1v) is 10.3. The van der Waals surface area contributed by atoms with Crippen LogP contribution in [-0.4, -0.2) is 64.8 Å². The zero-order valence-corrected chi connectivity index (χ0v) is 16.3. The number of carbonyl (C=O) groups is 1. The molecule has 8 nitrogen and oxygen atoms in total. The minimum atomic E-state index is -3.51. The fourth-order valence-electron chi connectivity index (χ4n) is 2.86. The third kappa shape index (κ3) is 5.66. The van der Waals surface area contributed by atoms with Crippen LogP contribution in [0.2, 0.25) is 0 Å². The van der Waals surface area contributed by atoms with Gasteiger partial charge in [0.2, 0.25) is 10.0 Å². The number of likely N-dealkylation sites (tertiary alicyclic amines) is 1. The molecule has 2 unspecified atom stereocenters. The van der Waals surface area contributed by atoms with E-state index in [2.05, 4.69) is 20.3 Å². The predicted molar refractivity (Wildman–Crippen MR) is 101 cm³/mol. The van der Waals surface area contributed by atoms with Crippen molar-refractivity contribution in [2.45, 2.75) is 37.3 Å². The highest BCUT2D eigenvalue weighted by Gasteiger charge is 2.32. The van der Waals surface area contributed by atoms with Crippen LogP contribution in [0.1, 0.15) is 20.3 Å². The van der Waals surface area contributed by atoms with Gasteiger partial charge in [-0.3, -0.25) is 0 Å². The first-order valence-electron chi connectivity index (χ1n) is 8.83. The Balaban J connectivity index is 1.93. The second-order valence-corrected chi connectivity index (χ2v) is 8.11. The summed E-state index contributed by atoms with van der Waals surface area (Å²) in [4.78, 5) is 14.5. The lowest BCUT2D eigenvalue weighted by molar-refractivity contribution is 0.0568. The van der Waals surface area contributed by atoms with Gasteiger partial charge in [-0.1, -0.05) is 6.92 Å². The Bertz CT molecular complexity index is 693. The van der Waals surface area contributed by atoms with Gasteiger partial charge in [0.05, 0.1) is 17.0 Å². The van der Waals surface area contributed by atoms with Crippen LogP contribution in [0.4, 0.5) is 10.5 Å². The molecular weight excluding hydrogens is 356 g/mol. The minimum absolute atomic E-state index is 0.0343.